The molecule has 0 atom stereocenters. The molecule has 3 rings (SSSR count). The molecule has 0 radical (unpaired) electrons. The molecule has 2 aromatic rings. The molecule has 2 aromatic carbocycles. The van der Waals surface area contributed by atoms with Crippen molar-refractivity contribution >= 4 is 34.2 Å². The molecule has 1 N–H and O–H groups in total. The van der Waals surface area contributed by atoms with E-state index in [9.17, 15) is 4.79 Å². The maximum absolute atomic E-state index is 12.8. The Morgan fingerprint density at radius 3 is 2.80 bits per heavy atom. The first kappa shape index (κ1) is 19.8. The second kappa shape index (κ2) is 9.80. The van der Waals surface area contributed by atoms with Crippen LogP contribution in [-0.4, -0.2) is 37.0 Å². The van der Waals surface area contributed by atoms with Crippen LogP contribution in [0.15, 0.2) is 53.0 Å². The van der Waals surface area contributed by atoms with Crippen molar-refractivity contribution in [2.24, 2.45) is 0 Å². The van der Waals surface area contributed by atoms with Gasteiger partial charge in [0.05, 0.1) is 5.56 Å². The fraction of sp³-hybridized carbons (Fsp3) is 0.316. The molecule has 0 aromatic heterocycles. The number of carbonyl (C=O) groups is 1. The third kappa shape index (κ3) is 5.46. The molecule has 134 valence electrons. The predicted octanol–water partition coefficient (Wildman–Crippen LogP) is 3.89. The van der Waals surface area contributed by atoms with Gasteiger partial charge in [0.1, 0.15) is 12.4 Å². The van der Waals surface area contributed by atoms with Gasteiger partial charge in [-0.25, -0.2) is 0 Å². The van der Waals surface area contributed by atoms with Gasteiger partial charge in [-0.2, -0.15) is 0 Å². The second-order valence-electron chi connectivity index (χ2n) is 5.81. The van der Waals surface area contributed by atoms with E-state index < -0.39 is 0 Å². The zero-order valence-electron chi connectivity index (χ0n) is 13.9. The molecule has 0 unspecified atom stereocenters. The lowest BCUT2D eigenvalue weighted by molar-refractivity contribution is 0.0761. The molecular weight excluding hydrogens is 404 g/mol. The molecule has 0 spiro atoms. The normalized spacial score (nSPS) is 14.4. The number of nitrogens with one attached hydrogen (secondary N) is 1. The molecule has 1 saturated heterocycles. The number of rotatable bonds is 4. The van der Waals surface area contributed by atoms with Crippen molar-refractivity contribution in [1.29, 1.82) is 0 Å². The Morgan fingerprint density at radius 2 is 1.96 bits per heavy atom. The number of ether oxygens (including phenoxy) is 1. The lowest BCUT2D eigenvalue weighted by atomic mass is 10.1. The van der Waals surface area contributed by atoms with E-state index in [2.05, 4.69) is 21.2 Å². The average molecular weight is 426 g/mol. The molecular formula is C19H22BrClN2O2. The highest BCUT2D eigenvalue weighted by Crippen LogP contribution is 2.22. The van der Waals surface area contributed by atoms with Crippen molar-refractivity contribution in [2.45, 2.75) is 13.0 Å². The van der Waals surface area contributed by atoms with E-state index in [1.165, 1.54) is 0 Å². The van der Waals surface area contributed by atoms with Gasteiger partial charge in [0.15, 0.2) is 0 Å². The molecule has 0 aliphatic carbocycles. The van der Waals surface area contributed by atoms with Gasteiger partial charge in [-0.05, 0) is 42.8 Å². The third-order valence-corrected chi connectivity index (χ3v) is 4.52. The van der Waals surface area contributed by atoms with Gasteiger partial charge in [-0.15, -0.1) is 12.4 Å². The molecule has 25 heavy (non-hydrogen) atoms. The Labute approximate surface area is 163 Å². The summed E-state index contributed by atoms with van der Waals surface area (Å²) in [4.78, 5) is 14.8. The molecule has 1 aliphatic rings. The minimum Gasteiger partial charge on any atom is -0.488 e. The Balaban J connectivity index is 0.00000225. The van der Waals surface area contributed by atoms with Crippen LogP contribution in [0.5, 0.6) is 5.75 Å². The number of hydrogen-bond donors (Lipinski definition) is 1. The minimum absolute atomic E-state index is 0. The van der Waals surface area contributed by atoms with E-state index in [0.29, 0.717) is 17.9 Å². The van der Waals surface area contributed by atoms with Gasteiger partial charge in [0.25, 0.3) is 5.91 Å². The summed E-state index contributed by atoms with van der Waals surface area (Å²) in [5.74, 6) is 0.684. The highest BCUT2D eigenvalue weighted by atomic mass is 79.9. The van der Waals surface area contributed by atoms with Crippen molar-refractivity contribution in [3.05, 3.63) is 64.1 Å². The smallest absolute Gasteiger partial charge is 0.257 e. The Bertz CT molecular complexity index is 703. The number of amides is 1. The van der Waals surface area contributed by atoms with Gasteiger partial charge >= 0.3 is 0 Å². The van der Waals surface area contributed by atoms with E-state index in [-0.39, 0.29) is 18.3 Å². The van der Waals surface area contributed by atoms with E-state index in [4.69, 9.17) is 4.74 Å². The maximum atomic E-state index is 12.8. The molecule has 1 fully saturated rings. The van der Waals surface area contributed by atoms with Gasteiger partial charge < -0.3 is 15.0 Å². The van der Waals surface area contributed by atoms with Gasteiger partial charge in [-0.3, -0.25) is 4.79 Å². The fourth-order valence-corrected chi connectivity index (χ4v) is 3.22. The fourth-order valence-electron chi connectivity index (χ4n) is 2.78. The SMILES string of the molecule is Cl.O=C(c1ccccc1OCc1cccc(Br)c1)N1CCCNCC1. The predicted molar refractivity (Wildman–Crippen MR) is 106 cm³/mol. The first-order chi connectivity index (χ1) is 11.7. The molecule has 1 heterocycles. The second-order valence-corrected chi connectivity index (χ2v) is 6.73. The van der Waals surface area contributed by atoms with Crippen molar-refractivity contribution in [3.63, 3.8) is 0 Å². The number of hydrogen-bond acceptors (Lipinski definition) is 3. The first-order valence-corrected chi connectivity index (χ1v) is 8.99. The topological polar surface area (TPSA) is 41.6 Å². The molecule has 0 bridgehead atoms. The quantitative estimate of drug-likeness (QED) is 0.808. The summed E-state index contributed by atoms with van der Waals surface area (Å²) >= 11 is 3.46. The number of para-hydroxylation sites is 1. The molecule has 1 aliphatic heterocycles. The van der Waals surface area contributed by atoms with Crippen LogP contribution < -0.4 is 10.1 Å². The Morgan fingerprint density at radius 1 is 1.12 bits per heavy atom. The van der Waals surface area contributed by atoms with Crippen LogP contribution in [-0.2, 0) is 6.61 Å². The van der Waals surface area contributed by atoms with Crippen molar-refractivity contribution < 1.29 is 9.53 Å². The molecule has 4 nitrogen and oxygen atoms in total. The van der Waals surface area contributed by atoms with Crippen molar-refractivity contribution in [1.82, 2.24) is 10.2 Å². The molecule has 6 heteroatoms. The summed E-state index contributed by atoms with van der Waals surface area (Å²) in [5.41, 5.74) is 1.69. The lowest BCUT2D eigenvalue weighted by Crippen LogP contribution is -2.34. The van der Waals surface area contributed by atoms with Crippen molar-refractivity contribution in [2.75, 3.05) is 26.2 Å². The number of carbonyl (C=O) groups excluding carboxylic acids is 1. The van der Waals surface area contributed by atoms with Crippen LogP contribution in [0.4, 0.5) is 0 Å². The van der Waals surface area contributed by atoms with Crippen LogP contribution in [0.2, 0.25) is 0 Å². The summed E-state index contributed by atoms with van der Waals surface area (Å²) in [6.07, 6.45) is 0.979. The summed E-state index contributed by atoms with van der Waals surface area (Å²) in [5, 5.41) is 3.32. The minimum atomic E-state index is 0. The van der Waals surface area contributed by atoms with E-state index in [0.717, 1.165) is 42.6 Å². The Kier molecular flexibility index (Phi) is 7.75. The van der Waals surface area contributed by atoms with Gasteiger partial charge in [0, 0.05) is 24.1 Å². The van der Waals surface area contributed by atoms with Crippen LogP contribution in [0, 0.1) is 0 Å². The highest BCUT2D eigenvalue weighted by Gasteiger charge is 2.20. The molecule has 1 amide bonds. The van der Waals surface area contributed by atoms with Crippen LogP contribution in [0.3, 0.4) is 0 Å². The van der Waals surface area contributed by atoms with E-state index >= 15 is 0 Å². The number of nitrogens with zero attached hydrogens (tertiary/aromatic N) is 1. The largest absolute Gasteiger partial charge is 0.488 e. The van der Waals surface area contributed by atoms with Gasteiger partial charge in [0.2, 0.25) is 0 Å². The summed E-state index contributed by atoms with van der Waals surface area (Å²) in [6, 6.07) is 15.5. The van der Waals surface area contributed by atoms with Crippen molar-refractivity contribution in [3.8, 4) is 5.75 Å². The summed E-state index contributed by atoms with van der Waals surface area (Å²) in [7, 11) is 0. The highest BCUT2D eigenvalue weighted by molar-refractivity contribution is 9.10. The number of halogens is 2. The zero-order valence-corrected chi connectivity index (χ0v) is 16.3. The number of benzene rings is 2. The first-order valence-electron chi connectivity index (χ1n) is 8.20. The average Bonchev–Trinajstić information content (AvgIpc) is 2.89. The van der Waals surface area contributed by atoms with Crippen LogP contribution in [0.1, 0.15) is 22.3 Å². The maximum Gasteiger partial charge on any atom is 0.257 e. The van der Waals surface area contributed by atoms with Crippen LogP contribution >= 0.6 is 28.3 Å². The summed E-state index contributed by atoms with van der Waals surface area (Å²) < 4.78 is 6.96. The summed E-state index contributed by atoms with van der Waals surface area (Å²) in [6.45, 7) is 3.76. The Hall–Kier alpha value is -1.56. The molecule has 0 saturated carbocycles. The monoisotopic (exact) mass is 424 g/mol. The third-order valence-electron chi connectivity index (χ3n) is 4.03. The van der Waals surface area contributed by atoms with Crippen LogP contribution in [0.25, 0.3) is 0 Å². The standard InChI is InChI=1S/C19H21BrN2O2.ClH/c20-16-6-3-5-15(13-16)14-24-18-8-2-1-7-17(18)19(23)22-11-4-9-21-10-12-22;/h1-3,5-8,13,21H,4,9-12,14H2;1H. The zero-order chi connectivity index (χ0) is 16.8. The lowest BCUT2D eigenvalue weighted by Gasteiger charge is -2.21. The van der Waals surface area contributed by atoms with E-state index in [1.807, 2.05) is 53.4 Å². The van der Waals surface area contributed by atoms with Gasteiger partial charge in [-0.1, -0.05) is 40.2 Å². The van der Waals surface area contributed by atoms with E-state index in [1.54, 1.807) is 0 Å².